The van der Waals surface area contributed by atoms with E-state index in [9.17, 15) is 4.79 Å². The molecule has 2 fully saturated rings. The molecular formula is C32H38N6O. The van der Waals surface area contributed by atoms with Crippen LogP contribution >= 0.6 is 0 Å². The number of benzene rings is 1. The lowest BCUT2D eigenvalue weighted by atomic mass is 9.90. The molecule has 0 bridgehead atoms. The van der Waals surface area contributed by atoms with Crippen LogP contribution in [0.15, 0.2) is 60.6 Å². The first kappa shape index (κ1) is 25.6. The number of hydrogen-bond acceptors (Lipinski definition) is 6. The molecule has 2 aromatic heterocycles. The van der Waals surface area contributed by atoms with Gasteiger partial charge in [-0.3, -0.25) is 19.7 Å². The Morgan fingerprint density at radius 3 is 2.51 bits per heavy atom. The third-order valence-electron chi connectivity index (χ3n) is 8.23. The molecule has 1 amide bonds. The van der Waals surface area contributed by atoms with E-state index in [0.717, 1.165) is 84.0 Å². The fourth-order valence-corrected chi connectivity index (χ4v) is 6.02. The predicted octanol–water partition coefficient (Wildman–Crippen LogP) is 5.96. The third-order valence-corrected chi connectivity index (χ3v) is 8.23. The summed E-state index contributed by atoms with van der Waals surface area (Å²) in [6.45, 7) is 8.10. The first-order valence-electron chi connectivity index (χ1n) is 14.5. The third kappa shape index (κ3) is 5.69. The monoisotopic (exact) mass is 522 g/mol. The molecule has 0 saturated carbocycles. The molecule has 2 N–H and O–H groups in total. The average molecular weight is 523 g/mol. The summed E-state index contributed by atoms with van der Waals surface area (Å²) in [5.41, 5.74) is 8.86. The molecule has 0 unspecified atom stereocenters. The van der Waals surface area contributed by atoms with Crippen LogP contribution in [-0.4, -0.2) is 53.5 Å². The molecule has 202 valence electrons. The second kappa shape index (κ2) is 11.6. The maximum atomic E-state index is 13.7. The number of fused-ring (bicyclic) bond motifs is 1. The van der Waals surface area contributed by atoms with E-state index in [1.165, 1.54) is 37.8 Å². The molecule has 0 spiro atoms. The lowest BCUT2D eigenvalue weighted by Gasteiger charge is -2.26. The highest BCUT2D eigenvalue weighted by Gasteiger charge is 2.25. The van der Waals surface area contributed by atoms with Crippen molar-refractivity contribution in [2.75, 3.05) is 48.3 Å². The standard InChI is InChI=1S/C32H38N6O/c1-2-23-19-35-30-11-8-24(25-16-28(21-33-18-25)38-14-6-7-15-38)17-29(30)31(23)32(39)36-26-9-10-27(34-20-26)22-37-12-4-3-5-13-37/h8-11,16-18,20-21,35H,2-7,12-15,19,22H2,1H3,(H,36,39). The molecule has 1 aromatic carbocycles. The van der Waals surface area contributed by atoms with Gasteiger partial charge >= 0.3 is 0 Å². The predicted molar refractivity (Wildman–Crippen MR) is 159 cm³/mol. The van der Waals surface area contributed by atoms with E-state index < -0.39 is 0 Å². The molecule has 7 heteroatoms. The summed E-state index contributed by atoms with van der Waals surface area (Å²) in [5.74, 6) is -0.0822. The fourth-order valence-electron chi connectivity index (χ4n) is 6.02. The quantitative estimate of drug-likeness (QED) is 0.399. The fraction of sp³-hybridized carbons (Fsp3) is 0.406. The lowest BCUT2D eigenvalue weighted by molar-refractivity contribution is -0.111. The summed E-state index contributed by atoms with van der Waals surface area (Å²) in [6.07, 6.45) is 12.8. The molecule has 0 aliphatic carbocycles. The van der Waals surface area contributed by atoms with Crippen molar-refractivity contribution in [3.63, 3.8) is 0 Å². The number of anilines is 3. The molecule has 3 aromatic rings. The molecule has 5 heterocycles. The Morgan fingerprint density at radius 1 is 0.923 bits per heavy atom. The minimum Gasteiger partial charge on any atom is -0.381 e. The van der Waals surface area contributed by atoms with Crippen molar-refractivity contribution >= 4 is 28.5 Å². The average Bonchev–Trinajstić information content (AvgIpc) is 3.53. The van der Waals surface area contributed by atoms with Gasteiger partial charge in [0.05, 0.1) is 29.5 Å². The van der Waals surface area contributed by atoms with Crippen LogP contribution in [0.4, 0.5) is 17.1 Å². The van der Waals surface area contributed by atoms with Crippen molar-refractivity contribution in [1.82, 2.24) is 14.9 Å². The zero-order valence-corrected chi connectivity index (χ0v) is 22.9. The van der Waals surface area contributed by atoms with Crippen molar-refractivity contribution in [3.8, 4) is 11.1 Å². The maximum Gasteiger partial charge on any atom is 0.256 e. The van der Waals surface area contributed by atoms with Gasteiger partial charge in [-0.05, 0) is 86.7 Å². The smallest absolute Gasteiger partial charge is 0.256 e. The summed E-state index contributed by atoms with van der Waals surface area (Å²) in [7, 11) is 0. The van der Waals surface area contributed by atoms with Crippen LogP contribution in [0.5, 0.6) is 0 Å². The van der Waals surface area contributed by atoms with Gasteiger partial charge in [-0.1, -0.05) is 19.4 Å². The molecule has 2 saturated heterocycles. The van der Waals surface area contributed by atoms with Gasteiger partial charge in [-0.2, -0.15) is 0 Å². The minimum absolute atomic E-state index is 0.0822. The summed E-state index contributed by atoms with van der Waals surface area (Å²) < 4.78 is 0. The molecule has 3 aliphatic heterocycles. The summed E-state index contributed by atoms with van der Waals surface area (Å²) in [4.78, 5) is 27.8. The molecule has 39 heavy (non-hydrogen) atoms. The highest BCUT2D eigenvalue weighted by molar-refractivity contribution is 6.28. The number of hydrogen-bond donors (Lipinski definition) is 2. The Kier molecular flexibility index (Phi) is 7.59. The number of rotatable bonds is 7. The molecule has 7 nitrogen and oxygen atoms in total. The van der Waals surface area contributed by atoms with Crippen molar-refractivity contribution in [2.45, 2.75) is 52.0 Å². The van der Waals surface area contributed by atoms with Crippen molar-refractivity contribution in [3.05, 3.63) is 71.8 Å². The van der Waals surface area contributed by atoms with Gasteiger partial charge in [0.15, 0.2) is 0 Å². The number of piperidine rings is 1. The van der Waals surface area contributed by atoms with Crippen LogP contribution in [0.2, 0.25) is 0 Å². The van der Waals surface area contributed by atoms with E-state index in [1.54, 1.807) is 6.20 Å². The number of carbonyl (C=O) groups excluding carboxylic acids is 1. The highest BCUT2D eigenvalue weighted by Crippen LogP contribution is 2.37. The van der Waals surface area contributed by atoms with E-state index in [0.29, 0.717) is 6.54 Å². The summed E-state index contributed by atoms with van der Waals surface area (Å²) in [6, 6.07) is 12.6. The Hall–Kier alpha value is -3.71. The van der Waals surface area contributed by atoms with Gasteiger partial charge in [0, 0.05) is 54.8 Å². The SMILES string of the molecule is CCC1=C(C(=O)Nc2ccc(CN3CCCCC3)nc2)c2cc(-c3cncc(N4CCCC4)c3)ccc2NC1. The van der Waals surface area contributed by atoms with Crippen molar-refractivity contribution < 1.29 is 4.79 Å². The van der Waals surface area contributed by atoms with Crippen molar-refractivity contribution in [2.24, 2.45) is 0 Å². The number of nitrogens with zero attached hydrogens (tertiary/aromatic N) is 4. The Labute approximate surface area is 231 Å². The number of aromatic nitrogens is 2. The topological polar surface area (TPSA) is 73.4 Å². The maximum absolute atomic E-state index is 13.7. The van der Waals surface area contributed by atoms with Gasteiger partial charge in [-0.25, -0.2) is 0 Å². The number of carbonyl (C=O) groups is 1. The largest absolute Gasteiger partial charge is 0.381 e. The van der Waals surface area contributed by atoms with Crippen LogP contribution < -0.4 is 15.5 Å². The first-order valence-corrected chi connectivity index (χ1v) is 14.5. The molecule has 0 atom stereocenters. The molecule has 3 aliphatic rings. The zero-order chi connectivity index (χ0) is 26.6. The van der Waals surface area contributed by atoms with Crippen LogP contribution in [-0.2, 0) is 11.3 Å². The van der Waals surface area contributed by atoms with Gasteiger partial charge < -0.3 is 15.5 Å². The Balaban J connectivity index is 1.23. The van der Waals surface area contributed by atoms with E-state index in [4.69, 9.17) is 0 Å². The van der Waals surface area contributed by atoms with Crippen LogP contribution in [0.25, 0.3) is 16.7 Å². The molecular weight excluding hydrogens is 484 g/mol. The van der Waals surface area contributed by atoms with Crippen LogP contribution in [0.1, 0.15) is 56.7 Å². The molecule has 6 rings (SSSR count). The minimum atomic E-state index is -0.0822. The van der Waals surface area contributed by atoms with Gasteiger partial charge in [0.25, 0.3) is 5.91 Å². The van der Waals surface area contributed by atoms with Gasteiger partial charge in [-0.15, -0.1) is 0 Å². The number of nitrogens with one attached hydrogen (secondary N) is 2. The van der Waals surface area contributed by atoms with Gasteiger partial charge in [0.2, 0.25) is 0 Å². The van der Waals surface area contributed by atoms with E-state index >= 15 is 0 Å². The van der Waals surface area contributed by atoms with Crippen LogP contribution in [0, 0.1) is 0 Å². The molecule has 0 radical (unpaired) electrons. The summed E-state index contributed by atoms with van der Waals surface area (Å²) >= 11 is 0. The second-order valence-corrected chi connectivity index (χ2v) is 10.9. The van der Waals surface area contributed by atoms with Crippen LogP contribution in [0.3, 0.4) is 0 Å². The van der Waals surface area contributed by atoms with E-state index in [2.05, 4.69) is 61.6 Å². The first-order chi connectivity index (χ1) is 19.2. The summed E-state index contributed by atoms with van der Waals surface area (Å²) in [5, 5.41) is 6.65. The number of amides is 1. The van der Waals surface area contributed by atoms with E-state index in [1.807, 2.05) is 24.5 Å². The normalized spacial score (nSPS) is 17.6. The second-order valence-electron chi connectivity index (χ2n) is 10.9. The Bertz CT molecular complexity index is 1350. The van der Waals surface area contributed by atoms with Crippen molar-refractivity contribution in [1.29, 1.82) is 0 Å². The zero-order valence-electron chi connectivity index (χ0n) is 22.9. The highest BCUT2D eigenvalue weighted by atomic mass is 16.1. The Morgan fingerprint density at radius 2 is 1.74 bits per heavy atom. The lowest BCUT2D eigenvalue weighted by Crippen LogP contribution is -2.29. The van der Waals surface area contributed by atoms with E-state index in [-0.39, 0.29) is 5.91 Å². The van der Waals surface area contributed by atoms with Gasteiger partial charge in [0.1, 0.15) is 0 Å². The number of pyridine rings is 2. The number of likely N-dealkylation sites (tertiary alicyclic amines) is 1.